The van der Waals surface area contributed by atoms with Gasteiger partial charge < -0.3 is 5.11 Å². The highest BCUT2D eigenvalue weighted by atomic mass is 16.3. The minimum Gasteiger partial charge on any atom is -0.392 e. The van der Waals surface area contributed by atoms with Crippen molar-refractivity contribution in [3.63, 3.8) is 0 Å². The summed E-state index contributed by atoms with van der Waals surface area (Å²) in [6.45, 7) is 0. The molecule has 2 saturated carbocycles. The molecule has 0 amide bonds. The first-order chi connectivity index (χ1) is 5.26. The van der Waals surface area contributed by atoms with Gasteiger partial charge in [-0.25, -0.2) is 0 Å². The van der Waals surface area contributed by atoms with Crippen molar-refractivity contribution in [3.8, 4) is 6.07 Å². The zero-order valence-electron chi connectivity index (χ0n) is 6.58. The fourth-order valence-electron chi connectivity index (χ4n) is 2.12. The molecule has 0 aromatic carbocycles. The summed E-state index contributed by atoms with van der Waals surface area (Å²) in [5, 5.41) is 18.1. The Morgan fingerprint density at radius 2 is 2.09 bits per heavy atom. The zero-order chi connectivity index (χ0) is 7.90. The van der Waals surface area contributed by atoms with Crippen LogP contribution >= 0.6 is 0 Å². The second-order valence-corrected chi connectivity index (χ2v) is 4.05. The monoisotopic (exact) mass is 151 g/mol. The van der Waals surface area contributed by atoms with Crippen molar-refractivity contribution < 1.29 is 5.11 Å². The summed E-state index contributed by atoms with van der Waals surface area (Å²) in [5.74, 6) is -0.0775. The Morgan fingerprint density at radius 3 is 2.64 bits per heavy atom. The molecule has 60 valence electrons. The van der Waals surface area contributed by atoms with E-state index in [1.807, 2.05) is 0 Å². The van der Waals surface area contributed by atoms with Crippen LogP contribution in [0.25, 0.3) is 0 Å². The fraction of sp³-hybridized carbons (Fsp3) is 0.889. The van der Waals surface area contributed by atoms with Crippen molar-refractivity contribution in [1.29, 1.82) is 5.26 Å². The van der Waals surface area contributed by atoms with Crippen LogP contribution < -0.4 is 0 Å². The molecule has 2 atom stereocenters. The van der Waals surface area contributed by atoms with Crippen LogP contribution in [0.4, 0.5) is 0 Å². The summed E-state index contributed by atoms with van der Waals surface area (Å²) in [6, 6.07) is 2.20. The molecule has 0 bridgehead atoms. The van der Waals surface area contributed by atoms with E-state index in [9.17, 15) is 5.11 Å². The maximum absolute atomic E-state index is 9.41. The Hall–Kier alpha value is -0.550. The topological polar surface area (TPSA) is 44.0 Å². The lowest BCUT2D eigenvalue weighted by atomic mass is 9.78. The van der Waals surface area contributed by atoms with Gasteiger partial charge in [0.2, 0.25) is 0 Å². The Labute approximate surface area is 66.8 Å². The standard InChI is InChI=1S/C9H13NO/c10-6-7-5-9(3-4-9)2-1-8(7)11/h7-8,11H,1-5H2/t7-,8+/m0/s1. The van der Waals surface area contributed by atoms with Crippen molar-refractivity contribution in [2.75, 3.05) is 0 Å². The van der Waals surface area contributed by atoms with Crippen molar-refractivity contribution in [1.82, 2.24) is 0 Å². The number of aliphatic hydroxyl groups is 1. The molecule has 2 aliphatic carbocycles. The fourth-order valence-corrected chi connectivity index (χ4v) is 2.12. The van der Waals surface area contributed by atoms with E-state index >= 15 is 0 Å². The molecular weight excluding hydrogens is 138 g/mol. The molecule has 1 N–H and O–H groups in total. The third-order valence-electron chi connectivity index (χ3n) is 3.21. The molecular formula is C9H13NO. The minimum absolute atomic E-state index is 0.0775. The SMILES string of the molecule is N#C[C@@H]1CC2(CC[C@H]1O)CC2. The molecule has 2 rings (SSSR count). The van der Waals surface area contributed by atoms with Gasteiger partial charge in [-0.2, -0.15) is 5.26 Å². The van der Waals surface area contributed by atoms with E-state index < -0.39 is 0 Å². The van der Waals surface area contributed by atoms with E-state index in [-0.39, 0.29) is 12.0 Å². The highest BCUT2D eigenvalue weighted by Crippen LogP contribution is 2.57. The van der Waals surface area contributed by atoms with E-state index in [4.69, 9.17) is 5.26 Å². The normalized spacial score (nSPS) is 40.0. The van der Waals surface area contributed by atoms with E-state index in [1.165, 1.54) is 12.8 Å². The van der Waals surface area contributed by atoms with Crippen LogP contribution in [-0.2, 0) is 0 Å². The summed E-state index contributed by atoms with van der Waals surface area (Å²) in [4.78, 5) is 0. The van der Waals surface area contributed by atoms with Gasteiger partial charge in [-0.1, -0.05) is 0 Å². The number of nitriles is 1. The van der Waals surface area contributed by atoms with Crippen molar-refractivity contribution in [2.45, 2.75) is 38.2 Å². The molecule has 2 nitrogen and oxygen atoms in total. The van der Waals surface area contributed by atoms with Crippen LogP contribution in [0.15, 0.2) is 0 Å². The number of aliphatic hydroxyl groups excluding tert-OH is 1. The lowest BCUT2D eigenvalue weighted by Gasteiger charge is -2.29. The van der Waals surface area contributed by atoms with Gasteiger partial charge in [-0.15, -0.1) is 0 Å². The third kappa shape index (κ3) is 1.14. The molecule has 2 heteroatoms. The summed E-state index contributed by atoms with van der Waals surface area (Å²) in [6.07, 6.45) is 5.18. The third-order valence-corrected chi connectivity index (χ3v) is 3.21. The number of nitrogens with zero attached hydrogens (tertiary/aromatic N) is 1. The molecule has 0 unspecified atom stereocenters. The van der Waals surface area contributed by atoms with Gasteiger partial charge >= 0.3 is 0 Å². The van der Waals surface area contributed by atoms with Gasteiger partial charge in [0.25, 0.3) is 0 Å². The van der Waals surface area contributed by atoms with Gasteiger partial charge in [0.1, 0.15) is 0 Å². The lowest BCUT2D eigenvalue weighted by Crippen LogP contribution is -2.28. The van der Waals surface area contributed by atoms with Crippen LogP contribution in [-0.4, -0.2) is 11.2 Å². The first-order valence-corrected chi connectivity index (χ1v) is 4.33. The molecule has 0 saturated heterocycles. The summed E-state index contributed by atoms with van der Waals surface area (Å²) < 4.78 is 0. The minimum atomic E-state index is -0.341. The van der Waals surface area contributed by atoms with E-state index in [0.29, 0.717) is 5.41 Å². The second kappa shape index (κ2) is 2.22. The van der Waals surface area contributed by atoms with E-state index in [0.717, 1.165) is 19.3 Å². The molecule has 0 heterocycles. The predicted octanol–water partition coefficient (Wildman–Crippen LogP) is 1.45. The first kappa shape index (κ1) is 7.12. The number of hydrogen-bond acceptors (Lipinski definition) is 2. The Morgan fingerprint density at radius 1 is 1.36 bits per heavy atom. The lowest BCUT2D eigenvalue weighted by molar-refractivity contribution is 0.0673. The smallest absolute Gasteiger partial charge is 0.0728 e. The Bertz CT molecular complexity index is 202. The predicted molar refractivity (Wildman–Crippen MR) is 40.6 cm³/mol. The van der Waals surface area contributed by atoms with Gasteiger partial charge in [0.15, 0.2) is 0 Å². The average Bonchev–Trinajstić information content (AvgIpc) is 2.76. The maximum atomic E-state index is 9.41. The highest BCUT2D eigenvalue weighted by molar-refractivity contribution is 5.04. The van der Waals surface area contributed by atoms with Crippen molar-refractivity contribution in [2.24, 2.45) is 11.3 Å². The van der Waals surface area contributed by atoms with Gasteiger partial charge in [0, 0.05) is 0 Å². The van der Waals surface area contributed by atoms with Gasteiger partial charge in [-0.3, -0.25) is 0 Å². The summed E-state index contributed by atoms with van der Waals surface area (Å²) in [7, 11) is 0. The van der Waals surface area contributed by atoms with E-state index in [1.54, 1.807) is 0 Å². The second-order valence-electron chi connectivity index (χ2n) is 4.05. The average molecular weight is 151 g/mol. The van der Waals surface area contributed by atoms with Crippen LogP contribution in [0.3, 0.4) is 0 Å². The molecule has 11 heavy (non-hydrogen) atoms. The van der Waals surface area contributed by atoms with Gasteiger partial charge in [-0.05, 0) is 37.5 Å². The summed E-state index contributed by atoms with van der Waals surface area (Å²) >= 11 is 0. The van der Waals surface area contributed by atoms with Crippen LogP contribution in [0, 0.1) is 22.7 Å². The Kier molecular flexibility index (Phi) is 1.43. The van der Waals surface area contributed by atoms with Crippen LogP contribution in [0.1, 0.15) is 32.1 Å². The first-order valence-electron chi connectivity index (χ1n) is 4.33. The number of hydrogen-bond donors (Lipinski definition) is 1. The molecule has 0 aliphatic heterocycles. The van der Waals surface area contributed by atoms with E-state index in [2.05, 4.69) is 6.07 Å². The Balaban J connectivity index is 2.03. The van der Waals surface area contributed by atoms with Crippen LogP contribution in [0.5, 0.6) is 0 Å². The van der Waals surface area contributed by atoms with Crippen LogP contribution in [0.2, 0.25) is 0 Å². The molecule has 1 spiro atoms. The molecule has 0 aromatic rings. The molecule has 0 aromatic heterocycles. The molecule has 0 radical (unpaired) electrons. The quantitative estimate of drug-likeness (QED) is 0.569. The molecule has 2 fully saturated rings. The molecule has 2 aliphatic rings. The maximum Gasteiger partial charge on any atom is 0.0728 e. The summed E-state index contributed by atoms with van der Waals surface area (Å²) in [5.41, 5.74) is 0.500. The largest absolute Gasteiger partial charge is 0.392 e. The van der Waals surface area contributed by atoms with Crippen molar-refractivity contribution >= 4 is 0 Å². The van der Waals surface area contributed by atoms with Gasteiger partial charge in [0.05, 0.1) is 18.1 Å². The van der Waals surface area contributed by atoms with Crippen molar-refractivity contribution in [3.05, 3.63) is 0 Å². The number of rotatable bonds is 0. The highest BCUT2D eigenvalue weighted by Gasteiger charge is 2.48. The zero-order valence-corrected chi connectivity index (χ0v) is 6.58.